The first-order valence-electron chi connectivity index (χ1n) is 12.8. The van der Waals surface area contributed by atoms with Crippen LogP contribution in [-0.4, -0.2) is 50.6 Å². The van der Waals surface area contributed by atoms with Crippen molar-refractivity contribution < 1.29 is 17.6 Å². The van der Waals surface area contributed by atoms with E-state index in [0.29, 0.717) is 48.8 Å². The number of nitrogens with zero attached hydrogens (tertiary/aromatic N) is 1. The van der Waals surface area contributed by atoms with Crippen LogP contribution in [-0.2, 0) is 16.6 Å². The van der Waals surface area contributed by atoms with Crippen LogP contribution in [0.5, 0.6) is 0 Å². The van der Waals surface area contributed by atoms with Gasteiger partial charge in [-0.2, -0.15) is 0 Å². The van der Waals surface area contributed by atoms with Crippen molar-refractivity contribution in [1.82, 2.24) is 9.62 Å². The van der Waals surface area contributed by atoms with Gasteiger partial charge in [-0.15, -0.1) is 0 Å². The zero-order valence-corrected chi connectivity index (χ0v) is 22.1. The van der Waals surface area contributed by atoms with Crippen molar-refractivity contribution in [3.8, 4) is 11.1 Å². The smallest absolute Gasteiger partial charge is 0.250 e. The molecule has 0 aromatic heterocycles. The molecule has 7 nitrogen and oxygen atoms in total. The Kier molecular flexibility index (Phi) is 8.02. The van der Waals surface area contributed by atoms with Crippen LogP contribution in [0.3, 0.4) is 0 Å². The molecule has 36 heavy (non-hydrogen) atoms. The van der Waals surface area contributed by atoms with E-state index in [1.807, 2.05) is 12.1 Å². The third-order valence-electron chi connectivity index (χ3n) is 7.38. The Hall–Kier alpha value is -2.49. The van der Waals surface area contributed by atoms with E-state index in [1.165, 1.54) is 6.07 Å². The van der Waals surface area contributed by atoms with Crippen molar-refractivity contribution in [2.75, 3.05) is 37.2 Å². The maximum absolute atomic E-state index is 15.0. The Bertz CT molecular complexity index is 1220. The van der Waals surface area contributed by atoms with E-state index < -0.39 is 15.9 Å². The number of benzene rings is 2. The number of halogens is 1. The summed E-state index contributed by atoms with van der Waals surface area (Å²) in [5.41, 5.74) is 9.82. The van der Waals surface area contributed by atoms with Crippen molar-refractivity contribution in [1.29, 1.82) is 0 Å². The Balaban J connectivity index is 1.64. The third-order valence-corrected chi connectivity index (χ3v) is 9.26. The van der Waals surface area contributed by atoms with Crippen LogP contribution >= 0.6 is 0 Å². The average molecular weight is 517 g/mol. The van der Waals surface area contributed by atoms with Gasteiger partial charge in [0.05, 0.1) is 17.0 Å². The maximum Gasteiger partial charge on any atom is 0.250 e. The molecule has 4 N–H and O–H groups in total. The molecule has 2 aromatic carbocycles. The highest BCUT2D eigenvalue weighted by molar-refractivity contribution is 7.89. The first-order chi connectivity index (χ1) is 17.1. The number of amides is 1. The summed E-state index contributed by atoms with van der Waals surface area (Å²) >= 11 is 0. The fourth-order valence-electron chi connectivity index (χ4n) is 5.39. The van der Waals surface area contributed by atoms with E-state index in [-0.39, 0.29) is 23.4 Å². The quantitative estimate of drug-likeness (QED) is 0.469. The molecule has 196 valence electrons. The normalized spacial score (nSPS) is 18.9. The molecular weight excluding hydrogens is 479 g/mol. The molecule has 0 bridgehead atoms. The van der Waals surface area contributed by atoms with Gasteiger partial charge < -0.3 is 16.4 Å². The van der Waals surface area contributed by atoms with Crippen LogP contribution in [0.2, 0.25) is 0 Å². The topological polar surface area (TPSA) is 105 Å². The van der Waals surface area contributed by atoms with Gasteiger partial charge in [0, 0.05) is 37.7 Å². The molecule has 2 heterocycles. The van der Waals surface area contributed by atoms with E-state index in [4.69, 9.17) is 5.73 Å². The number of piperidine rings is 1. The standard InChI is InChI=1S/C27H37FN4O3S/c1-4-36(34,35)32-9-7-19(8-10-32)24-16-31-26-22(24)12-20(13-23(26)27(29)33)21-11-18(5-6-25(21)28)15-30-14-17(2)3/h5-6,11-13,17,19,24,30-31H,4,7-10,14-16H2,1-3H3,(H2,29,33). The van der Waals surface area contributed by atoms with Crippen molar-refractivity contribution in [3.05, 3.63) is 52.8 Å². The minimum atomic E-state index is -3.20. The predicted molar refractivity (Wildman–Crippen MR) is 142 cm³/mol. The molecule has 2 aliphatic heterocycles. The van der Waals surface area contributed by atoms with Gasteiger partial charge >= 0.3 is 0 Å². The van der Waals surface area contributed by atoms with Crippen molar-refractivity contribution in [2.24, 2.45) is 17.6 Å². The lowest BCUT2D eigenvalue weighted by Gasteiger charge is -2.34. The van der Waals surface area contributed by atoms with Crippen LogP contribution in [0, 0.1) is 17.7 Å². The number of nitrogens with one attached hydrogen (secondary N) is 2. The van der Waals surface area contributed by atoms with E-state index in [0.717, 1.165) is 36.2 Å². The van der Waals surface area contributed by atoms with Crippen LogP contribution in [0.1, 0.15) is 61.0 Å². The molecular formula is C27H37FN4O3S. The van der Waals surface area contributed by atoms with Crippen molar-refractivity contribution >= 4 is 21.6 Å². The van der Waals surface area contributed by atoms with E-state index in [2.05, 4.69) is 24.5 Å². The molecule has 1 amide bonds. The summed E-state index contributed by atoms with van der Waals surface area (Å²) in [6.45, 7) is 9.06. The second-order valence-electron chi connectivity index (χ2n) is 10.3. The molecule has 0 saturated carbocycles. The van der Waals surface area contributed by atoms with Gasteiger partial charge in [0.25, 0.3) is 5.91 Å². The summed E-state index contributed by atoms with van der Waals surface area (Å²) in [6.07, 6.45) is 1.49. The molecule has 4 rings (SSSR count). The van der Waals surface area contributed by atoms with Gasteiger partial charge in [0.2, 0.25) is 10.0 Å². The van der Waals surface area contributed by atoms with Gasteiger partial charge in [-0.25, -0.2) is 17.1 Å². The van der Waals surface area contributed by atoms with Crippen molar-refractivity contribution in [3.63, 3.8) is 0 Å². The lowest BCUT2D eigenvalue weighted by atomic mass is 9.80. The summed E-state index contributed by atoms with van der Waals surface area (Å²) in [5.74, 6) is 0.0731. The minimum absolute atomic E-state index is 0.100. The molecule has 1 atom stereocenters. The molecule has 9 heteroatoms. The highest BCUT2D eigenvalue weighted by atomic mass is 32.2. The number of sulfonamides is 1. The predicted octanol–water partition coefficient (Wildman–Crippen LogP) is 3.91. The zero-order valence-electron chi connectivity index (χ0n) is 21.3. The number of fused-ring (bicyclic) bond motifs is 1. The van der Waals surface area contributed by atoms with Gasteiger partial charge in [-0.1, -0.05) is 19.9 Å². The van der Waals surface area contributed by atoms with Crippen LogP contribution in [0.25, 0.3) is 11.1 Å². The fourth-order valence-corrected chi connectivity index (χ4v) is 6.53. The molecule has 1 saturated heterocycles. The summed E-state index contributed by atoms with van der Waals surface area (Å²) in [6, 6.07) is 8.73. The second kappa shape index (κ2) is 10.9. The zero-order chi connectivity index (χ0) is 26.0. The van der Waals surface area contributed by atoms with E-state index >= 15 is 4.39 Å². The minimum Gasteiger partial charge on any atom is -0.384 e. The maximum atomic E-state index is 15.0. The molecule has 2 aliphatic rings. The van der Waals surface area contributed by atoms with Gasteiger partial charge in [-0.05, 0) is 79.1 Å². The van der Waals surface area contributed by atoms with Crippen LogP contribution in [0.15, 0.2) is 30.3 Å². The first kappa shape index (κ1) is 26.6. The third kappa shape index (κ3) is 5.58. The number of rotatable bonds is 9. The summed E-state index contributed by atoms with van der Waals surface area (Å²) in [5, 5.41) is 6.74. The molecule has 0 aliphatic carbocycles. The number of hydrogen-bond acceptors (Lipinski definition) is 5. The second-order valence-corrected chi connectivity index (χ2v) is 12.6. The SMILES string of the molecule is CCS(=O)(=O)N1CCC(C2CNc3c(C(N)=O)cc(-c4cc(CNCC(C)C)ccc4F)cc32)CC1. The van der Waals surface area contributed by atoms with Gasteiger partial charge in [-0.3, -0.25) is 4.79 Å². The molecule has 0 radical (unpaired) electrons. The van der Waals surface area contributed by atoms with Gasteiger partial charge in [0.15, 0.2) is 0 Å². The fraction of sp³-hybridized carbons (Fsp3) is 0.519. The molecule has 1 unspecified atom stereocenters. The average Bonchev–Trinajstić information content (AvgIpc) is 3.28. The number of carbonyl (C=O) groups excluding carboxylic acids is 1. The van der Waals surface area contributed by atoms with Crippen molar-refractivity contribution in [2.45, 2.75) is 46.1 Å². The molecule has 1 fully saturated rings. The molecule has 0 spiro atoms. The number of carbonyl (C=O) groups is 1. The number of primary amides is 1. The lowest BCUT2D eigenvalue weighted by molar-refractivity contribution is 0.100. The summed E-state index contributed by atoms with van der Waals surface area (Å²) in [7, 11) is -3.20. The Morgan fingerprint density at radius 1 is 1.22 bits per heavy atom. The number of nitrogens with two attached hydrogens (primary N) is 1. The lowest BCUT2D eigenvalue weighted by Crippen LogP contribution is -2.40. The first-order valence-corrected chi connectivity index (χ1v) is 14.4. The Labute approximate surface area is 213 Å². The summed E-state index contributed by atoms with van der Waals surface area (Å²) < 4.78 is 41.2. The van der Waals surface area contributed by atoms with Gasteiger partial charge in [0.1, 0.15) is 5.82 Å². The number of anilines is 1. The molecule has 2 aromatic rings. The number of hydrogen-bond donors (Lipinski definition) is 3. The monoisotopic (exact) mass is 516 g/mol. The largest absolute Gasteiger partial charge is 0.384 e. The van der Waals surface area contributed by atoms with Crippen LogP contribution in [0.4, 0.5) is 10.1 Å². The Morgan fingerprint density at radius 3 is 2.58 bits per heavy atom. The van der Waals surface area contributed by atoms with Crippen LogP contribution < -0.4 is 16.4 Å². The highest BCUT2D eigenvalue weighted by Gasteiger charge is 2.36. The van der Waals surface area contributed by atoms with E-state index in [1.54, 1.807) is 23.4 Å². The van der Waals surface area contributed by atoms with E-state index in [9.17, 15) is 13.2 Å². The highest BCUT2D eigenvalue weighted by Crippen LogP contribution is 2.44. The summed E-state index contributed by atoms with van der Waals surface area (Å²) in [4.78, 5) is 12.4. The Morgan fingerprint density at radius 2 is 1.94 bits per heavy atom.